The van der Waals surface area contributed by atoms with Crippen molar-refractivity contribution in [3.05, 3.63) is 98.4 Å². The average molecular weight is 494 g/mol. The van der Waals surface area contributed by atoms with Crippen LogP contribution in [0.2, 0.25) is 5.02 Å². The summed E-state index contributed by atoms with van der Waals surface area (Å²) in [5.74, 6) is 0.547. The van der Waals surface area contributed by atoms with Crippen LogP contribution in [0.1, 0.15) is 27.8 Å². The maximum atomic E-state index is 12.9. The second kappa shape index (κ2) is 10.4. The van der Waals surface area contributed by atoms with E-state index in [4.69, 9.17) is 21.1 Å². The first-order valence-corrected chi connectivity index (χ1v) is 11.9. The van der Waals surface area contributed by atoms with Gasteiger partial charge in [0.25, 0.3) is 11.1 Å². The molecule has 3 aromatic carbocycles. The first-order valence-electron chi connectivity index (χ1n) is 10.7. The fourth-order valence-corrected chi connectivity index (χ4v) is 4.70. The summed E-state index contributed by atoms with van der Waals surface area (Å²) in [4.78, 5) is 27.0. The highest BCUT2D eigenvalue weighted by molar-refractivity contribution is 8.18. The molecule has 0 aromatic heterocycles. The lowest BCUT2D eigenvalue weighted by molar-refractivity contribution is -0.123. The zero-order valence-electron chi connectivity index (χ0n) is 19.1. The minimum atomic E-state index is -0.328. The number of methoxy groups -OCH3 is 1. The summed E-state index contributed by atoms with van der Waals surface area (Å²) in [6.45, 7) is 4.58. The maximum absolute atomic E-state index is 12.9. The predicted octanol–water partition coefficient (Wildman–Crippen LogP) is 6.78. The number of imide groups is 1. The van der Waals surface area contributed by atoms with Gasteiger partial charge in [-0.2, -0.15) is 0 Å². The number of ether oxygens (including phenoxy) is 2. The molecule has 0 atom stereocenters. The van der Waals surface area contributed by atoms with E-state index < -0.39 is 0 Å². The number of amides is 2. The molecule has 1 aliphatic heterocycles. The van der Waals surface area contributed by atoms with Crippen LogP contribution in [0.4, 0.5) is 4.79 Å². The van der Waals surface area contributed by atoms with Gasteiger partial charge < -0.3 is 9.47 Å². The fourth-order valence-electron chi connectivity index (χ4n) is 3.58. The van der Waals surface area contributed by atoms with E-state index in [1.165, 1.54) is 17.6 Å². The molecule has 1 saturated heterocycles. The summed E-state index contributed by atoms with van der Waals surface area (Å²) in [5, 5.41) is 0.0607. The van der Waals surface area contributed by atoms with Crippen molar-refractivity contribution in [1.29, 1.82) is 0 Å². The van der Waals surface area contributed by atoms with E-state index in [0.29, 0.717) is 33.6 Å². The van der Waals surface area contributed by atoms with Crippen LogP contribution < -0.4 is 9.47 Å². The van der Waals surface area contributed by atoms with Crippen LogP contribution in [0.15, 0.2) is 65.6 Å². The molecule has 34 heavy (non-hydrogen) atoms. The summed E-state index contributed by atoms with van der Waals surface area (Å²) >= 11 is 7.42. The van der Waals surface area contributed by atoms with Crippen LogP contribution in [0, 0.1) is 13.8 Å². The number of hydrogen-bond acceptors (Lipinski definition) is 5. The zero-order chi connectivity index (χ0) is 24.2. The summed E-state index contributed by atoms with van der Waals surface area (Å²) in [5.41, 5.74) is 4.81. The molecule has 3 aromatic rings. The van der Waals surface area contributed by atoms with Crippen molar-refractivity contribution < 1.29 is 19.1 Å². The van der Waals surface area contributed by atoms with Gasteiger partial charge in [-0.25, -0.2) is 0 Å². The van der Waals surface area contributed by atoms with Gasteiger partial charge in [0.2, 0.25) is 0 Å². The van der Waals surface area contributed by atoms with E-state index >= 15 is 0 Å². The summed E-state index contributed by atoms with van der Waals surface area (Å²) in [7, 11) is 1.53. The van der Waals surface area contributed by atoms with Crippen molar-refractivity contribution in [3.63, 3.8) is 0 Å². The van der Waals surface area contributed by atoms with Crippen molar-refractivity contribution in [2.45, 2.75) is 27.0 Å². The second-order valence-electron chi connectivity index (χ2n) is 8.07. The Morgan fingerprint density at radius 3 is 2.44 bits per heavy atom. The molecule has 0 bridgehead atoms. The molecule has 0 N–H and O–H groups in total. The van der Waals surface area contributed by atoms with E-state index in [2.05, 4.69) is 0 Å². The lowest BCUT2D eigenvalue weighted by Gasteiger charge is -2.14. The van der Waals surface area contributed by atoms with Crippen molar-refractivity contribution >= 4 is 40.6 Å². The number of benzene rings is 3. The molecule has 7 heteroatoms. The van der Waals surface area contributed by atoms with Crippen molar-refractivity contribution in [1.82, 2.24) is 4.90 Å². The van der Waals surface area contributed by atoms with E-state index in [1.54, 1.807) is 18.2 Å². The van der Waals surface area contributed by atoms with Crippen LogP contribution in [0.25, 0.3) is 6.08 Å². The lowest BCUT2D eigenvalue weighted by Crippen LogP contribution is -2.27. The molecule has 5 nitrogen and oxygen atoms in total. The fraction of sp³-hybridized carbons (Fsp3) is 0.185. The van der Waals surface area contributed by atoms with Gasteiger partial charge in [0.1, 0.15) is 6.61 Å². The van der Waals surface area contributed by atoms with Crippen molar-refractivity contribution in [2.75, 3.05) is 7.11 Å². The van der Waals surface area contributed by atoms with Gasteiger partial charge >= 0.3 is 0 Å². The molecule has 0 saturated carbocycles. The Morgan fingerprint density at radius 1 is 0.971 bits per heavy atom. The first-order chi connectivity index (χ1) is 16.3. The molecule has 174 valence electrons. The first kappa shape index (κ1) is 23.9. The van der Waals surface area contributed by atoms with Gasteiger partial charge in [0, 0.05) is 0 Å². The lowest BCUT2D eigenvalue weighted by atomic mass is 10.1. The number of hydrogen-bond donors (Lipinski definition) is 0. The highest BCUT2D eigenvalue weighted by Crippen LogP contribution is 2.39. The van der Waals surface area contributed by atoms with Crippen LogP contribution in [0.5, 0.6) is 11.5 Å². The van der Waals surface area contributed by atoms with Gasteiger partial charge in [-0.05, 0) is 60.5 Å². The van der Waals surface area contributed by atoms with Crippen molar-refractivity contribution in [3.8, 4) is 11.5 Å². The Labute approximate surface area is 208 Å². The van der Waals surface area contributed by atoms with Crippen LogP contribution in [-0.2, 0) is 17.9 Å². The monoisotopic (exact) mass is 493 g/mol. The third-order valence-electron chi connectivity index (χ3n) is 5.35. The third kappa shape index (κ3) is 5.46. The van der Waals surface area contributed by atoms with E-state index in [9.17, 15) is 9.59 Å². The summed E-state index contributed by atoms with van der Waals surface area (Å²) < 4.78 is 11.4. The Bertz CT molecular complexity index is 1270. The van der Waals surface area contributed by atoms with E-state index in [0.717, 1.165) is 28.5 Å². The van der Waals surface area contributed by atoms with Crippen LogP contribution in [0.3, 0.4) is 0 Å². The molecule has 1 fully saturated rings. The number of halogens is 1. The molecule has 1 aliphatic rings. The zero-order valence-corrected chi connectivity index (χ0v) is 20.7. The molecular formula is C27H24ClNO4S. The molecule has 4 rings (SSSR count). The minimum Gasteiger partial charge on any atom is -0.493 e. The number of thioether (sulfide) groups is 1. The highest BCUT2D eigenvalue weighted by atomic mass is 35.5. The molecule has 0 unspecified atom stereocenters. The molecule has 0 radical (unpaired) electrons. The van der Waals surface area contributed by atoms with Crippen LogP contribution >= 0.6 is 23.4 Å². The maximum Gasteiger partial charge on any atom is 0.293 e. The molecular weight excluding hydrogens is 470 g/mol. The van der Waals surface area contributed by atoms with Gasteiger partial charge in [0.15, 0.2) is 11.5 Å². The number of rotatable bonds is 7. The number of carbonyl (C=O) groups excluding carboxylic acids is 2. The van der Waals surface area contributed by atoms with Gasteiger partial charge in [-0.1, -0.05) is 71.3 Å². The van der Waals surface area contributed by atoms with Gasteiger partial charge in [0.05, 0.1) is 23.6 Å². The van der Waals surface area contributed by atoms with Crippen LogP contribution in [-0.4, -0.2) is 23.2 Å². The number of nitrogens with zero attached hydrogens (tertiary/aromatic N) is 1. The minimum absolute atomic E-state index is 0.236. The summed E-state index contributed by atoms with van der Waals surface area (Å²) in [6.07, 6.45) is 1.65. The van der Waals surface area contributed by atoms with E-state index in [-0.39, 0.29) is 17.7 Å². The SMILES string of the molecule is COc1cc(/C=C2\SC(=O)N(Cc3cccc(C)c3)C2=O)cc(Cl)c1OCc1ccc(C)cc1. The molecule has 1 heterocycles. The van der Waals surface area contributed by atoms with Gasteiger partial charge in [-0.3, -0.25) is 14.5 Å². The number of carbonyl (C=O) groups is 2. The molecule has 0 aliphatic carbocycles. The van der Waals surface area contributed by atoms with Crippen molar-refractivity contribution in [2.24, 2.45) is 0 Å². The summed E-state index contributed by atoms with van der Waals surface area (Å²) in [6, 6.07) is 19.2. The topological polar surface area (TPSA) is 55.8 Å². The highest BCUT2D eigenvalue weighted by Gasteiger charge is 2.35. The Morgan fingerprint density at radius 2 is 1.74 bits per heavy atom. The molecule has 2 amide bonds. The molecule has 0 spiro atoms. The number of aryl methyl sites for hydroxylation is 2. The second-order valence-corrected chi connectivity index (χ2v) is 9.47. The Kier molecular flexibility index (Phi) is 7.29. The Hall–Kier alpha value is -3.22. The Balaban J connectivity index is 1.53. The standard InChI is InChI=1S/C27H24ClNO4S/c1-17-7-9-19(10-8-17)16-33-25-22(28)12-21(13-23(25)32-3)14-24-26(30)29(27(31)34-24)15-20-6-4-5-18(2)11-20/h4-14H,15-16H2,1-3H3/b24-14-. The predicted molar refractivity (Wildman–Crippen MR) is 136 cm³/mol. The smallest absolute Gasteiger partial charge is 0.293 e. The third-order valence-corrected chi connectivity index (χ3v) is 6.54. The van der Waals surface area contributed by atoms with Gasteiger partial charge in [-0.15, -0.1) is 0 Å². The van der Waals surface area contributed by atoms with E-state index in [1.807, 2.05) is 62.4 Å². The largest absolute Gasteiger partial charge is 0.493 e. The normalized spacial score (nSPS) is 14.7. The quantitative estimate of drug-likeness (QED) is 0.339. The average Bonchev–Trinajstić information content (AvgIpc) is 3.06.